The van der Waals surface area contributed by atoms with E-state index in [9.17, 15) is 14.4 Å². The van der Waals surface area contributed by atoms with Crippen molar-refractivity contribution in [3.63, 3.8) is 0 Å². The van der Waals surface area contributed by atoms with Crippen molar-refractivity contribution < 1.29 is 23.9 Å². The van der Waals surface area contributed by atoms with Gasteiger partial charge in [0.05, 0.1) is 17.8 Å². The fourth-order valence-electron chi connectivity index (χ4n) is 4.75. The molecule has 1 saturated heterocycles. The summed E-state index contributed by atoms with van der Waals surface area (Å²) in [6.45, 7) is 12.1. The van der Waals surface area contributed by atoms with Gasteiger partial charge in [0.15, 0.2) is 0 Å². The number of pyridine rings is 1. The second kappa shape index (κ2) is 11.8. The van der Waals surface area contributed by atoms with Crippen molar-refractivity contribution in [1.82, 2.24) is 20.7 Å². The van der Waals surface area contributed by atoms with Gasteiger partial charge in [-0.15, -0.1) is 0 Å². The van der Waals surface area contributed by atoms with Gasteiger partial charge in [-0.2, -0.15) is 0 Å². The third kappa shape index (κ3) is 7.02. The van der Waals surface area contributed by atoms with E-state index in [4.69, 9.17) is 14.5 Å². The molecule has 2 aliphatic rings. The van der Waals surface area contributed by atoms with Crippen LogP contribution in [-0.2, 0) is 23.9 Å². The molecule has 0 radical (unpaired) electrons. The summed E-state index contributed by atoms with van der Waals surface area (Å²) in [6.07, 6.45) is 3.97. The number of hydrazine groups is 1. The number of fused-ring (bicyclic) bond motifs is 4. The molecule has 1 aromatic heterocycles. The molecule has 9 heteroatoms. The van der Waals surface area contributed by atoms with Crippen molar-refractivity contribution in [1.29, 1.82) is 0 Å². The Morgan fingerprint density at radius 1 is 1.10 bits per heavy atom. The number of nitrogens with one attached hydrogen (secondary N) is 2. The van der Waals surface area contributed by atoms with Crippen LogP contribution in [0.2, 0.25) is 0 Å². The number of esters is 1. The van der Waals surface area contributed by atoms with E-state index in [0.717, 1.165) is 16.5 Å². The fourth-order valence-corrected chi connectivity index (χ4v) is 4.75. The molecule has 5 bridgehead atoms. The van der Waals surface area contributed by atoms with E-state index in [1.54, 1.807) is 13.8 Å². The van der Waals surface area contributed by atoms with E-state index in [2.05, 4.69) is 16.8 Å². The smallest absolute Gasteiger partial charge is 0.325 e. The van der Waals surface area contributed by atoms with Crippen LogP contribution in [0.1, 0.15) is 71.7 Å². The maximum atomic E-state index is 13.2. The largest absolute Gasteiger partial charge is 0.455 e. The number of aromatic nitrogens is 1. The van der Waals surface area contributed by atoms with Gasteiger partial charge in [0.25, 0.3) is 5.91 Å². The molecule has 1 aromatic carbocycles. The van der Waals surface area contributed by atoms with Crippen LogP contribution in [0.4, 0.5) is 0 Å². The summed E-state index contributed by atoms with van der Waals surface area (Å²) in [6, 6.07) is 8.41. The third-order valence-electron chi connectivity index (χ3n) is 7.14. The molecule has 1 fully saturated rings. The van der Waals surface area contributed by atoms with Gasteiger partial charge in [-0.25, -0.2) is 10.4 Å². The Labute approximate surface area is 230 Å². The number of hydrogen-bond donors (Lipinski definition) is 2. The number of hydrogen-bond acceptors (Lipinski definition) is 7. The lowest BCUT2D eigenvalue weighted by Gasteiger charge is -2.35. The number of ether oxygens (including phenoxy) is 2. The highest BCUT2D eigenvalue weighted by molar-refractivity contribution is 5.89. The summed E-state index contributed by atoms with van der Waals surface area (Å²) in [4.78, 5) is 44.1. The van der Waals surface area contributed by atoms with Crippen molar-refractivity contribution in [2.24, 2.45) is 11.3 Å². The lowest BCUT2D eigenvalue weighted by molar-refractivity contribution is -0.157. The molecule has 2 N–H and O–H groups in total. The molecule has 0 unspecified atom stereocenters. The van der Waals surface area contributed by atoms with Crippen molar-refractivity contribution in [2.75, 3.05) is 13.2 Å². The Bertz CT molecular complexity index is 1260. The van der Waals surface area contributed by atoms with Gasteiger partial charge in [-0.1, -0.05) is 58.0 Å². The summed E-state index contributed by atoms with van der Waals surface area (Å²) in [7, 11) is 0. The molecule has 2 aliphatic heterocycles. The first kappa shape index (κ1) is 28.7. The van der Waals surface area contributed by atoms with E-state index in [1.165, 1.54) is 5.01 Å². The normalized spacial score (nSPS) is 26.9. The zero-order valence-electron chi connectivity index (χ0n) is 23.7. The first-order valence-electron chi connectivity index (χ1n) is 13.7. The van der Waals surface area contributed by atoms with E-state index in [-0.39, 0.29) is 23.1 Å². The van der Waals surface area contributed by atoms with Crippen LogP contribution in [-0.4, -0.2) is 59.1 Å². The molecule has 2 amide bonds. The highest BCUT2D eigenvalue weighted by Gasteiger charge is 2.34. The molecule has 9 nitrogen and oxygen atoms in total. The Morgan fingerprint density at radius 3 is 2.59 bits per heavy atom. The molecule has 3 heterocycles. The lowest BCUT2D eigenvalue weighted by atomic mass is 9.93. The first-order chi connectivity index (χ1) is 18.4. The van der Waals surface area contributed by atoms with Crippen LogP contribution in [0, 0.1) is 11.3 Å². The summed E-state index contributed by atoms with van der Waals surface area (Å²) >= 11 is 0. The van der Waals surface area contributed by atoms with E-state index in [0.29, 0.717) is 31.7 Å². The highest BCUT2D eigenvalue weighted by Crippen LogP contribution is 2.25. The maximum Gasteiger partial charge on any atom is 0.325 e. The van der Waals surface area contributed by atoms with Crippen LogP contribution in [0.3, 0.4) is 0 Å². The SMILES string of the molecule is CC(C)[C@@H]1OCC(C)(C)C=Cc2ccc3ccc(nc3c2)[C@@H](C)OC(=O)[C@@H]2CCCN(N2)C(=O)[C@H](C)NC1=O. The maximum absolute atomic E-state index is 13.2. The number of nitrogens with zero attached hydrogens (tertiary/aromatic N) is 2. The third-order valence-corrected chi connectivity index (χ3v) is 7.14. The predicted octanol–water partition coefficient (Wildman–Crippen LogP) is 3.93. The minimum Gasteiger partial charge on any atom is -0.455 e. The van der Waals surface area contributed by atoms with Gasteiger partial charge >= 0.3 is 5.97 Å². The van der Waals surface area contributed by atoms with E-state index >= 15 is 0 Å². The molecular weight excluding hydrogens is 496 g/mol. The molecule has 4 rings (SSSR count). The number of cyclic esters (lactones) is 1. The van der Waals surface area contributed by atoms with Crippen LogP contribution in [0.25, 0.3) is 17.0 Å². The number of amides is 2. The summed E-state index contributed by atoms with van der Waals surface area (Å²) in [5.41, 5.74) is 5.08. The van der Waals surface area contributed by atoms with Gasteiger partial charge in [0.1, 0.15) is 24.3 Å². The van der Waals surface area contributed by atoms with Crippen LogP contribution in [0.5, 0.6) is 0 Å². The minimum atomic E-state index is -0.798. The number of carbonyl (C=O) groups is 3. The van der Waals surface area contributed by atoms with E-state index < -0.39 is 30.3 Å². The Morgan fingerprint density at radius 2 is 1.85 bits per heavy atom. The zero-order chi connectivity index (χ0) is 28.3. The Balaban J connectivity index is 1.67. The van der Waals surface area contributed by atoms with Gasteiger partial charge < -0.3 is 14.8 Å². The average molecular weight is 537 g/mol. The number of carbonyl (C=O) groups excluding carboxylic acids is 3. The molecule has 4 atom stereocenters. The Kier molecular flexibility index (Phi) is 8.71. The molecule has 0 aliphatic carbocycles. The fraction of sp³-hybridized carbons (Fsp3) is 0.533. The molecule has 0 spiro atoms. The predicted molar refractivity (Wildman–Crippen MR) is 149 cm³/mol. The summed E-state index contributed by atoms with van der Waals surface area (Å²) in [5, 5.41) is 5.20. The van der Waals surface area contributed by atoms with Gasteiger partial charge in [-0.3, -0.25) is 19.4 Å². The first-order valence-corrected chi connectivity index (χ1v) is 13.7. The second-order valence-corrected chi connectivity index (χ2v) is 11.6. The quantitative estimate of drug-likeness (QED) is 0.532. The topological polar surface area (TPSA) is 110 Å². The zero-order valence-corrected chi connectivity index (χ0v) is 23.7. The van der Waals surface area contributed by atoms with Crippen LogP contribution < -0.4 is 10.7 Å². The minimum absolute atomic E-state index is 0.0938. The molecular formula is C30H40N4O5. The lowest BCUT2D eigenvalue weighted by Crippen LogP contribution is -2.60. The van der Waals surface area contributed by atoms with Crippen LogP contribution >= 0.6 is 0 Å². The number of rotatable bonds is 1. The van der Waals surface area contributed by atoms with Gasteiger partial charge in [0, 0.05) is 17.3 Å². The highest BCUT2D eigenvalue weighted by atomic mass is 16.5. The second-order valence-electron chi connectivity index (χ2n) is 11.6. The molecule has 39 heavy (non-hydrogen) atoms. The van der Waals surface area contributed by atoms with Gasteiger partial charge in [-0.05, 0) is 50.3 Å². The monoisotopic (exact) mass is 536 g/mol. The summed E-state index contributed by atoms with van der Waals surface area (Å²) < 4.78 is 11.9. The van der Waals surface area contributed by atoms with Crippen molar-refractivity contribution in [3.8, 4) is 0 Å². The molecule has 210 valence electrons. The van der Waals surface area contributed by atoms with Gasteiger partial charge in [0.2, 0.25) is 5.91 Å². The molecule has 2 aromatic rings. The van der Waals surface area contributed by atoms with E-state index in [1.807, 2.05) is 64.1 Å². The summed E-state index contributed by atoms with van der Waals surface area (Å²) in [5.74, 6) is -1.20. The average Bonchev–Trinajstić information content (AvgIpc) is 2.90. The van der Waals surface area contributed by atoms with Crippen LogP contribution in [0.15, 0.2) is 36.4 Å². The van der Waals surface area contributed by atoms with Crippen molar-refractivity contribution in [2.45, 2.75) is 78.7 Å². The molecule has 0 saturated carbocycles. The van der Waals surface area contributed by atoms with Crippen molar-refractivity contribution in [3.05, 3.63) is 47.7 Å². The number of benzene rings is 1. The van der Waals surface area contributed by atoms with Crippen molar-refractivity contribution >= 4 is 34.8 Å². The standard InChI is InChI=1S/C30H40N4O5/c1-18(2)26-27(35)31-19(3)28(36)34-15-7-8-24(33-34)29(37)39-20(4)23-12-11-22-10-9-21(16-25(22)32-23)13-14-30(5,6)17-38-26/h9-14,16,18-20,24,26,33H,7-8,15,17H2,1-6H3,(H,31,35)/t19-,20+,24-,26-/m0/s1. The Hall–Kier alpha value is -3.30.